The second-order valence-electron chi connectivity index (χ2n) is 8.12. The van der Waals surface area contributed by atoms with E-state index in [1.54, 1.807) is 11.3 Å². The van der Waals surface area contributed by atoms with Gasteiger partial charge in [-0.3, -0.25) is 5.43 Å². The summed E-state index contributed by atoms with van der Waals surface area (Å²) in [5.74, 6) is 0.973. The second-order valence-corrected chi connectivity index (χ2v) is 9.15. The number of nitrogens with one attached hydrogen (secondary N) is 1. The van der Waals surface area contributed by atoms with Crippen LogP contribution in [0.2, 0.25) is 0 Å². The van der Waals surface area contributed by atoms with Gasteiger partial charge in [0.1, 0.15) is 5.75 Å². The van der Waals surface area contributed by atoms with E-state index in [2.05, 4.69) is 88.7 Å². The minimum absolute atomic E-state index is 0.680. The van der Waals surface area contributed by atoms with Crippen LogP contribution in [0.5, 0.6) is 5.75 Å². The zero-order chi connectivity index (χ0) is 22.6. The summed E-state index contributed by atoms with van der Waals surface area (Å²) in [6.07, 6.45) is 4.95. The van der Waals surface area contributed by atoms with Gasteiger partial charge in [0.25, 0.3) is 0 Å². The highest BCUT2D eigenvalue weighted by molar-refractivity contribution is 7.22. The van der Waals surface area contributed by atoms with Crippen LogP contribution in [0.3, 0.4) is 0 Å². The first kappa shape index (κ1) is 21.2. The van der Waals surface area contributed by atoms with Crippen molar-refractivity contribution < 1.29 is 4.74 Å². The number of ether oxygens (including phenoxy) is 1. The molecule has 0 radical (unpaired) electrons. The summed E-state index contributed by atoms with van der Waals surface area (Å²) in [4.78, 5) is 4.57. The van der Waals surface area contributed by atoms with Crippen LogP contribution in [-0.4, -0.2) is 22.4 Å². The first-order chi connectivity index (χ1) is 16.2. The van der Waals surface area contributed by atoms with Crippen molar-refractivity contribution in [3.63, 3.8) is 0 Å². The Labute approximate surface area is 197 Å². The number of benzene rings is 3. The number of anilines is 1. The number of thiazole rings is 1. The Morgan fingerprint density at radius 2 is 1.91 bits per heavy atom. The van der Waals surface area contributed by atoms with Gasteiger partial charge in [-0.05, 0) is 55.7 Å². The molecule has 166 valence electrons. The average molecular weight is 455 g/mol. The zero-order valence-corrected chi connectivity index (χ0v) is 19.6. The van der Waals surface area contributed by atoms with Gasteiger partial charge < -0.3 is 9.30 Å². The molecule has 2 aromatic heterocycles. The van der Waals surface area contributed by atoms with Gasteiger partial charge in [-0.15, -0.1) is 0 Å². The Bertz CT molecular complexity index is 1400. The molecule has 33 heavy (non-hydrogen) atoms. The minimum Gasteiger partial charge on any atom is -0.493 e. The van der Waals surface area contributed by atoms with Crippen molar-refractivity contribution in [1.82, 2.24) is 9.55 Å². The first-order valence-electron chi connectivity index (χ1n) is 11.1. The van der Waals surface area contributed by atoms with Crippen molar-refractivity contribution in [2.24, 2.45) is 5.10 Å². The Balaban J connectivity index is 1.26. The molecule has 3 aromatic carbocycles. The zero-order valence-electron chi connectivity index (χ0n) is 18.8. The highest BCUT2D eigenvalue weighted by Crippen LogP contribution is 2.26. The van der Waals surface area contributed by atoms with Crippen molar-refractivity contribution in [3.8, 4) is 5.75 Å². The first-order valence-corrected chi connectivity index (χ1v) is 11.9. The second kappa shape index (κ2) is 9.46. The summed E-state index contributed by atoms with van der Waals surface area (Å²) in [5.41, 5.74) is 8.74. The number of hydrazone groups is 1. The highest BCUT2D eigenvalue weighted by atomic mass is 32.1. The van der Waals surface area contributed by atoms with E-state index in [1.807, 2.05) is 24.4 Å². The average Bonchev–Trinajstić information content (AvgIpc) is 3.40. The summed E-state index contributed by atoms with van der Waals surface area (Å²) in [7, 11) is 0. The monoisotopic (exact) mass is 454 g/mol. The molecule has 2 heterocycles. The van der Waals surface area contributed by atoms with Gasteiger partial charge in [0.05, 0.1) is 23.0 Å². The summed E-state index contributed by atoms with van der Waals surface area (Å²) >= 11 is 1.60. The molecule has 0 fully saturated rings. The molecule has 0 amide bonds. The summed E-state index contributed by atoms with van der Waals surface area (Å²) < 4.78 is 9.47. The maximum Gasteiger partial charge on any atom is 0.204 e. The van der Waals surface area contributed by atoms with Crippen LogP contribution in [0.4, 0.5) is 5.13 Å². The third-order valence-electron chi connectivity index (χ3n) is 5.62. The van der Waals surface area contributed by atoms with Gasteiger partial charge in [0.2, 0.25) is 5.13 Å². The van der Waals surface area contributed by atoms with Gasteiger partial charge in [-0.2, -0.15) is 5.10 Å². The number of aromatic nitrogens is 2. The largest absolute Gasteiger partial charge is 0.493 e. The Morgan fingerprint density at radius 1 is 1.06 bits per heavy atom. The Kier molecular flexibility index (Phi) is 6.09. The molecule has 0 unspecified atom stereocenters. The molecule has 0 aliphatic heterocycles. The molecule has 0 spiro atoms. The van der Waals surface area contributed by atoms with Crippen LogP contribution in [0.1, 0.15) is 23.1 Å². The normalized spacial score (nSPS) is 11.6. The number of fused-ring (bicyclic) bond motifs is 2. The maximum atomic E-state index is 6.04. The smallest absolute Gasteiger partial charge is 0.204 e. The van der Waals surface area contributed by atoms with Crippen molar-refractivity contribution in [3.05, 3.63) is 89.6 Å². The van der Waals surface area contributed by atoms with E-state index in [0.29, 0.717) is 6.61 Å². The van der Waals surface area contributed by atoms with Crippen LogP contribution in [0.15, 0.2) is 78.0 Å². The lowest BCUT2D eigenvalue weighted by molar-refractivity contribution is 0.300. The molecule has 5 rings (SSSR count). The summed E-state index contributed by atoms with van der Waals surface area (Å²) in [5, 5.41) is 6.43. The number of hydrogen-bond donors (Lipinski definition) is 1. The molecule has 6 heteroatoms. The fraction of sp³-hybridized carbons (Fsp3) is 0.185. The van der Waals surface area contributed by atoms with Gasteiger partial charge >= 0.3 is 0 Å². The SMILES string of the molecule is Cc1ccc(C)c(OCCCn2cc(/C=N/Nc3nc4ccccc4s3)c3ccccc32)c1. The Morgan fingerprint density at radius 3 is 2.82 bits per heavy atom. The fourth-order valence-corrected chi connectivity index (χ4v) is 4.74. The van der Waals surface area contributed by atoms with E-state index in [4.69, 9.17) is 4.74 Å². The van der Waals surface area contributed by atoms with Gasteiger partial charge in [0.15, 0.2) is 0 Å². The Hall–Kier alpha value is -3.64. The predicted octanol–water partition coefficient (Wildman–Crippen LogP) is 6.78. The van der Waals surface area contributed by atoms with Crippen LogP contribution in [0.25, 0.3) is 21.1 Å². The topological polar surface area (TPSA) is 51.4 Å². The van der Waals surface area contributed by atoms with Crippen molar-refractivity contribution in [2.75, 3.05) is 12.0 Å². The lowest BCUT2D eigenvalue weighted by Crippen LogP contribution is -2.04. The number of aryl methyl sites for hydroxylation is 3. The molecule has 0 aliphatic rings. The number of hydrogen-bond acceptors (Lipinski definition) is 5. The third kappa shape index (κ3) is 4.76. The van der Waals surface area contributed by atoms with Crippen LogP contribution in [0, 0.1) is 13.8 Å². The quantitative estimate of drug-likeness (QED) is 0.160. The molecule has 0 aliphatic carbocycles. The number of para-hydroxylation sites is 2. The van der Waals surface area contributed by atoms with Gasteiger partial charge in [-0.1, -0.05) is 53.8 Å². The number of rotatable bonds is 8. The molecule has 5 aromatic rings. The van der Waals surface area contributed by atoms with Crippen molar-refractivity contribution in [1.29, 1.82) is 0 Å². The molecular weight excluding hydrogens is 428 g/mol. The lowest BCUT2D eigenvalue weighted by Gasteiger charge is -2.10. The molecule has 0 atom stereocenters. The van der Waals surface area contributed by atoms with E-state index in [0.717, 1.165) is 39.6 Å². The molecule has 0 saturated heterocycles. The molecule has 0 bridgehead atoms. The summed E-state index contributed by atoms with van der Waals surface area (Å²) in [6.45, 7) is 5.74. The van der Waals surface area contributed by atoms with E-state index < -0.39 is 0 Å². The van der Waals surface area contributed by atoms with Crippen molar-refractivity contribution >= 4 is 43.8 Å². The van der Waals surface area contributed by atoms with Crippen LogP contribution >= 0.6 is 11.3 Å². The highest BCUT2D eigenvalue weighted by Gasteiger charge is 2.07. The van der Waals surface area contributed by atoms with Gasteiger partial charge in [-0.25, -0.2) is 4.98 Å². The minimum atomic E-state index is 0.680. The lowest BCUT2D eigenvalue weighted by atomic mass is 10.1. The van der Waals surface area contributed by atoms with E-state index >= 15 is 0 Å². The number of nitrogens with zero attached hydrogens (tertiary/aromatic N) is 3. The molecule has 1 N–H and O–H groups in total. The molecule has 0 saturated carbocycles. The van der Waals surface area contributed by atoms with E-state index in [1.165, 1.54) is 22.0 Å². The van der Waals surface area contributed by atoms with E-state index in [9.17, 15) is 0 Å². The molecule has 5 nitrogen and oxygen atoms in total. The molecular formula is C27H26N4OS. The van der Waals surface area contributed by atoms with E-state index in [-0.39, 0.29) is 0 Å². The van der Waals surface area contributed by atoms with Crippen molar-refractivity contribution in [2.45, 2.75) is 26.8 Å². The predicted molar refractivity (Wildman–Crippen MR) is 139 cm³/mol. The maximum absolute atomic E-state index is 6.04. The summed E-state index contributed by atoms with van der Waals surface area (Å²) in [6, 6.07) is 22.9. The van der Waals surface area contributed by atoms with Crippen LogP contribution in [-0.2, 0) is 6.54 Å². The fourth-order valence-electron chi connectivity index (χ4n) is 3.92. The van der Waals surface area contributed by atoms with Crippen LogP contribution < -0.4 is 10.2 Å². The van der Waals surface area contributed by atoms with Gasteiger partial charge in [0, 0.05) is 29.2 Å². The third-order valence-corrected chi connectivity index (χ3v) is 6.56. The standard InChI is InChI=1S/C27H26N4OS/c1-19-12-13-20(2)25(16-19)32-15-7-14-31-18-21(22-8-3-5-10-24(22)31)17-28-30-27-29-23-9-4-6-11-26(23)33-27/h3-6,8-13,16-18H,7,14-15H2,1-2H3,(H,29,30)/b28-17+.